The summed E-state index contributed by atoms with van der Waals surface area (Å²) in [6.07, 6.45) is 1.04. The molecule has 3 nitrogen and oxygen atoms in total. The van der Waals surface area contributed by atoms with Gasteiger partial charge >= 0.3 is 10.2 Å². The SMILES string of the molecule is COc1ccc(SCCCCS(=O)(=O)F)cc1. The third kappa shape index (κ3) is 6.53. The fourth-order valence-corrected chi connectivity index (χ4v) is 2.70. The maximum Gasteiger partial charge on any atom is 0.302 e. The maximum atomic E-state index is 12.2. The molecule has 0 saturated heterocycles. The lowest BCUT2D eigenvalue weighted by Gasteiger charge is -2.03. The fourth-order valence-electron chi connectivity index (χ4n) is 1.24. The predicted molar refractivity (Wildman–Crippen MR) is 67.8 cm³/mol. The Balaban J connectivity index is 2.22. The number of thioether (sulfide) groups is 1. The van der Waals surface area contributed by atoms with Gasteiger partial charge in [-0.05, 0) is 42.9 Å². The number of hydrogen-bond acceptors (Lipinski definition) is 4. The second-order valence-electron chi connectivity index (χ2n) is 3.47. The first kappa shape index (κ1) is 14.3. The second-order valence-corrected chi connectivity index (χ2v) is 6.13. The van der Waals surface area contributed by atoms with E-state index in [1.165, 1.54) is 0 Å². The van der Waals surface area contributed by atoms with Crippen molar-refractivity contribution in [2.75, 3.05) is 18.6 Å². The molecule has 96 valence electrons. The molecule has 1 rings (SSSR count). The third-order valence-electron chi connectivity index (χ3n) is 2.11. The Labute approximate surface area is 106 Å². The first-order valence-electron chi connectivity index (χ1n) is 5.20. The third-order valence-corrected chi connectivity index (χ3v) is 3.99. The van der Waals surface area contributed by atoms with Gasteiger partial charge in [-0.2, -0.15) is 8.42 Å². The smallest absolute Gasteiger partial charge is 0.302 e. The van der Waals surface area contributed by atoms with Gasteiger partial charge in [0.25, 0.3) is 0 Å². The molecular weight excluding hydrogens is 263 g/mol. The molecule has 1 aromatic rings. The van der Waals surface area contributed by atoms with Crippen molar-refractivity contribution in [3.05, 3.63) is 24.3 Å². The van der Waals surface area contributed by atoms with Crippen LogP contribution in [-0.2, 0) is 10.2 Å². The van der Waals surface area contributed by atoms with E-state index in [-0.39, 0.29) is 5.75 Å². The van der Waals surface area contributed by atoms with Gasteiger partial charge in [0, 0.05) is 4.90 Å². The molecule has 0 aliphatic carbocycles. The lowest BCUT2D eigenvalue weighted by atomic mass is 10.3. The fraction of sp³-hybridized carbons (Fsp3) is 0.455. The minimum absolute atomic E-state index is 0.363. The molecule has 0 amide bonds. The lowest BCUT2D eigenvalue weighted by molar-refractivity contribution is 0.414. The number of halogens is 1. The van der Waals surface area contributed by atoms with Crippen molar-refractivity contribution in [2.45, 2.75) is 17.7 Å². The minimum atomic E-state index is -4.30. The second kappa shape index (κ2) is 6.86. The predicted octanol–water partition coefficient (Wildman–Crippen LogP) is 2.87. The van der Waals surface area contributed by atoms with E-state index in [0.29, 0.717) is 12.8 Å². The number of methoxy groups -OCH3 is 1. The Morgan fingerprint density at radius 2 is 1.88 bits per heavy atom. The van der Waals surface area contributed by atoms with Gasteiger partial charge in [-0.1, -0.05) is 0 Å². The van der Waals surface area contributed by atoms with Crippen LogP contribution in [0.4, 0.5) is 3.89 Å². The van der Waals surface area contributed by atoms with Crippen molar-refractivity contribution in [3.63, 3.8) is 0 Å². The van der Waals surface area contributed by atoms with Gasteiger partial charge in [-0.15, -0.1) is 15.6 Å². The van der Waals surface area contributed by atoms with Gasteiger partial charge in [0.1, 0.15) is 5.75 Å². The zero-order valence-corrected chi connectivity index (χ0v) is 11.2. The quantitative estimate of drug-likeness (QED) is 0.437. The van der Waals surface area contributed by atoms with Crippen LogP contribution >= 0.6 is 11.8 Å². The molecule has 0 radical (unpaired) electrons. The van der Waals surface area contributed by atoms with Gasteiger partial charge in [-0.25, -0.2) is 0 Å². The van der Waals surface area contributed by atoms with Crippen molar-refractivity contribution in [3.8, 4) is 5.75 Å². The average molecular weight is 278 g/mol. The summed E-state index contributed by atoms with van der Waals surface area (Å²) in [6.45, 7) is 0. The molecule has 0 fully saturated rings. The Hall–Kier alpha value is -0.750. The monoisotopic (exact) mass is 278 g/mol. The van der Waals surface area contributed by atoms with Crippen molar-refractivity contribution in [1.29, 1.82) is 0 Å². The average Bonchev–Trinajstić information content (AvgIpc) is 2.28. The molecule has 0 spiro atoms. The first-order chi connectivity index (χ1) is 8.01. The molecule has 0 aromatic heterocycles. The zero-order chi connectivity index (χ0) is 12.7. The highest BCUT2D eigenvalue weighted by molar-refractivity contribution is 7.99. The normalized spacial score (nSPS) is 11.4. The van der Waals surface area contributed by atoms with Crippen LogP contribution in [0, 0.1) is 0 Å². The highest BCUT2D eigenvalue weighted by atomic mass is 32.3. The largest absolute Gasteiger partial charge is 0.497 e. The summed E-state index contributed by atoms with van der Waals surface area (Å²) in [5.41, 5.74) is 0. The van der Waals surface area contributed by atoms with Crippen LogP contribution in [0.15, 0.2) is 29.2 Å². The standard InChI is InChI=1S/C11H15FO3S2/c1-15-10-4-6-11(7-5-10)16-8-2-3-9-17(12,13)14/h4-7H,2-3,8-9H2,1H3. The van der Waals surface area contributed by atoms with E-state index in [4.69, 9.17) is 4.74 Å². The highest BCUT2D eigenvalue weighted by Gasteiger charge is 2.05. The van der Waals surface area contributed by atoms with E-state index in [0.717, 1.165) is 16.4 Å². The Morgan fingerprint density at radius 1 is 1.24 bits per heavy atom. The summed E-state index contributed by atoms with van der Waals surface area (Å²) in [4.78, 5) is 1.09. The molecule has 17 heavy (non-hydrogen) atoms. The zero-order valence-electron chi connectivity index (χ0n) is 9.56. The lowest BCUT2D eigenvalue weighted by Crippen LogP contribution is -1.98. The van der Waals surface area contributed by atoms with Crippen molar-refractivity contribution in [2.24, 2.45) is 0 Å². The summed E-state index contributed by atoms with van der Waals surface area (Å²) < 4.78 is 37.7. The van der Waals surface area contributed by atoms with Gasteiger partial charge in [-0.3, -0.25) is 0 Å². The van der Waals surface area contributed by atoms with Crippen LogP contribution in [0.3, 0.4) is 0 Å². The first-order valence-corrected chi connectivity index (χ1v) is 7.74. The van der Waals surface area contributed by atoms with Crippen LogP contribution in [0.1, 0.15) is 12.8 Å². The Bertz CT molecular complexity index is 429. The number of hydrogen-bond donors (Lipinski definition) is 0. The summed E-state index contributed by atoms with van der Waals surface area (Å²) >= 11 is 1.62. The van der Waals surface area contributed by atoms with Crippen molar-refractivity contribution >= 4 is 22.0 Å². The summed E-state index contributed by atoms with van der Waals surface area (Å²) in [7, 11) is -2.69. The molecule has 0 saturated carbocycles. The van der Waals surface area contributed by atoms with Crippen LogP contribution in [-0.4, -0.2) is 27.0 Å². The topological polar surface area (TPSA) is 43.4 Å². The molecule has 0 aliphatic rings. The number of rotatable bonds is 7. The molecule has 0 unspecified atom stereocenters. The van der Waals surface area contributed by atoms with Crippen LogP contribution in [0.2, 0.25) is 0 Å². The molecule has 0 heterocycles. The maximum absolute atomic E-state index is 12.2. The van der Waals surface area contributed by atoms with Gasteiger partial charge in [0.15, 0.2) is 0 Å². The van der Waals surface area contributed by atoms with Crippen molar-refractivity contribution in [1.82, 2.24) is 0 Å². The minimum Gasteiger partial charge on any atom is -0.497 e. The van der Waals surface area contributed by atoms with E-state index < -0.39 is 10.2 Å². The van der Waals surface area contributed by atoms with E-state index in [2.05, 4.69) is 0 Å². The van der Waals surface area contributed by atoms with Crippen LogP contribution < -0.4 is 4.74 Å². The molecule has 0 aliphatic heterocycles. The van der Waals surface area contributed by atoms with Crippen LogP contribution in [0.25, 0.3) is 0 Å². The molecule has 0 N–H and O–H groups in total. The van der Waals surface area contributed by atoms with Gasteiger partial charge in [0.2, 0.25) is 0 Å². The molecule has 0 atom stereocenters. The summed E-state index contributed by atoms with van der Waals surface area (Å²) in [5, 5.41) is 0. The van der Waals surface area contributed by atoms with Crippen LogP contribution in [0.5, 0.6) is 5.75 Å². The van der Waals surface area contributed by atoms with E-state index in [1.807, 2.05) is 24.3 Å². The molecule has 0 bridgehead atoms. The van der Waals surface area contributed by atoms with E-state index >= 15 is 0 Å². The number of unbranched alkanes of at least 4 members (excludes halogenated alkanes) is 1. The van der Waals surface area contributed by atoms with Gasteiger partial charge < -0.3 is 4.74 Å². The molecular formula is C11H15FO3S2. The summed E-state index contributed by atoms with van der Waals surface area (Å²) in [5.74, 6) is 1.20. The van der Waals surface area contributed by atoms with Gasteiger partial charge in [0.05, 0.1) is 12.9 Å². The molecule has 6 heteroatoms. The Morgan fingerprint density at radius 3 is 2.41 bits per heavy atom. The number of benzene rings is 1. The van der Waals surface area contributed by atoms with E-state index in [9.17, 15) is 12.3 Å². The van der Waals surface area contributed by atoms with E-state index in [1.54, 1.807) is 18.9 Å². The molecule has 1 aromatic carbocycles. The highest BCUT2D eigenvalue weighted by Crippen LogP contribution is 2.22. The number of ether oxygens (including phenoxy) is 1. The summed E-state index contributed by atoms with van der Waals surface area (Å²) in [6, 6.07) is 7.62. The van der Waals surface area contributed by atoms with Crippen molar-refractivity contribution < 1.29 is 17.0 Å². The Kier molecular flexibility index (Phi) is 5.77.